The third-order valence-corrected chi connectivity index (χ3v) is 0.976. The zero-order valence-corrected chi connectivity index (χ0v) is 7.23. The summed E-state index contributed by atoms with van der Waals surface area (Å²) in [5.41, 5.74) is 4.93. The van der Waals surface area contributed by atoms with Gasteiger partial charge < -0.3 is 5.73 Å². The predicted molar refractivity (Wildman–Crippen MR) is 41.9 cm³/mol. The number of hydrogen-bond acceptors (Lipinski definition) is 1. The topological polar surface area (TPSA) is 43.1 Å². The van der Waals surface area contributed by atoms with E-state index in [0.717, 1.165) is 0 Å². The Balaban J connectivity index is 3.55. The van der Waals surface area contributed by atoms with Crippen LogP contribution < -0.4 is 5.73 Å². The van der Waals surface area contributed by atoms with E-state index in [1.54, 1.807) is 0 Å². The second-order valence-electron chi connectivity index (χ2n) is 2.36. The molecule has 0 aliphatic heterocycles. The molecule has 0 saturated heterocycles. The van der Waals surface area contributed by atoms with Gasteiger partial charge in [0.1, 0.15) is 0 Å². The summed E-state index contributed by atoms with van der Waals surface area (Å²) in [4.78, 5) is 10.2. The largest absolute Gasteiger partial charge is 0.370 e. The second-order valence-corrected chi connectivity index (χ2v) is 5.28. The van der Waals surface area contributed by atoms with Gasteiger partial charge in [-0.3, -0.25) is 4.79 Å². The molecule has 0 saturated carbocycles. The third kappa shape index (κ3) is 6.20. The van der Waals surface area contributed by atoms with Gasteiger partial charge in [0.05, 0.1) is 0 Å². The molecule has 0 bridgehead atoms. The first-order chi connectivity index (χ1) is 3.42. The maximum Gasteiger partial charge on any atom is 0.218 e. The van der Waals surface area contributed by atoms with E-state index in [-0.39, 0.29) is 9.33 Å². The molecular weight excluding hydrogens is 217 g/mol. The molecular formula is C5H10INO. The summed E-state index contributed by atoms with van der Waals surface area (Å²) >= 11 is 2.19. The van der Waals surface area contributed by atoms with Crippen molar-refractivity contribution < 1.29 is 4.79 Å². The Morgan fingerprint density at radius 2 is 2.12 bits per heavy atom. The molecule has 1 amide bonds. The van der Waals surface area contributed by atoms with Crippen LogP contribution in [0.3, 0.4) is 0 Å². The van der Waals surface area contributed by atoms with E-state index < -0.39 is 0 Å². The fraction of sp³-hybridized carbons (Fsp3) is 0.800. The van der Waals surface area contributed by atoms with E-state index in [1.807, 2.05) is 13.8 Å². The number of halogens is 1. The predicted octanol–water partition coefficient (Wildman–Crippen LogP) is 1.08. The fourth-order valence-electron chi connectivity index (χ4n) is 0.414. The molecule has 0 rings (SSSR count). The molecule has 0 spiro atoms. The monoisotopic (exact) mass is 227 g/mol. The van der Waals surface area contributed by atoms with Crippen LogP contribution >= 0.6 is 22.6 Å². The zero-order chi connectivity index (χ0) is 6.78. The number of carbonyl (C=O) groups excluding carboxylic acids is 1. The maximum absolute atomic E-state index is 10.2. The smallest absolute Gasteiger partial charge is 0.218 e. The summed E-state index contributed by atoms with van der Waals surface area (Å²) in [7, 11) is 0. The molecule has 0 heterocycles. The minimum atomic E-state index is -0.232. The summed E-state index contributed by atoms with van der Waals surface area (Å²) in [5, 5.41) is 0. The van der Waals surface area contributed by atoms with Gasteiger partial charge in [-0.15, -0.1) is 0 Å². The van der Waals surface area contributed by atoms with Crippen molar-refractivity contribution in [3.05, 3.63) is 0 Å². The van der Waals surface area contributed by atoms with Crippen LogP contribution in [-0.4, -0.2) is 9.33 Å². The lowest BCUT2D eigenvalue weighted by atomic mass is 10.1. The van der Waals surface area contributed by atoms with Gasteiger partial charge >= 0.3 is 0 Å². The van der Waals surface area contributed by atoms with Gasteiger partial charge in [0.2, 0.25) is 5.91 Å². The van der Waals surface area contributed by atoms with Crippen LogP contribution in [0.25, 0.3) is 0 Å². The first-order valence-electron chi connectivity index (χ1n) is 2.39. The molecule has 0 aromatic carbocycles. The average Bonchev–Trinajstić information content (AvgIpc) is 1.21. The standard InChI is InChI=1S/C5H10INO/c1-5(2,6)3-4(7)8/h3H2,1-2H3,(H2,7,8). The molecule has 0 aromatic heterocycles. The Morgan fingerprint density at radius 1 is 1.75 bits per heavy atom. The van der Waals surface area contributed by atoms with Crippen LogP contribution in [0.4, 0.5) is 0 Å². The number of alkyl halides is 1. The van der Waals surface area contributed by atoms with E-state index in [1.165, 1.54) is 0 Å². The number of amides is 1. The van der Waals surface area contributed by atoms with Crippen LogP contribution in [0, 0.1) is 0 Å². The van der Waals surface area contributed by atoms with Crippen molar-refractivity contribution in [3.8, 4) is 0 Å². The van der Waals surface area contributed by atoms with Gasteiger partial charge in [0.15, 0.2) is 0 Å². The van der Waals surface area contributed by atoms with E-state index in [2.05, 4.69) is 22.6 Å². The van der Waals surface area contributed by atoms with Crippen molar-refractivity contribution in [3.63, 3.8) is 0 Å². The molecule has 2 nitrogen and oxygen atoms in total. The molecule has 0 aliphatic rings. The van der Waals surface area contributed by atoms with Crippen LogP contribution in [0.15, 0.2) is 0 Å². The summed E-state index contributed by atoms with van der Waals surface area (Å²) < 4.78 is 0.0175. The molecule has 48 valence electrons. The van der Waals surface area contributed by atoms with Crippen molar-refractivity contribution in [1.82, 2.24) is 0 Å². The molecule has 2 N–H and O–H groups in total. The second kappa shape index (κ2) is 2.66. The highest BCUT2D eigenvalue weighted by Crippen LogP contribution is 2.19. The van der Waals surface area contributed by atoms with Crippen LogP contribution in [-0.2, 0) is 4.79 Å². The first kappa shape index (κ1) is 8.20. The number of hydrogen-bond donors (Lipinski definition) is 1. The molecule has 0 fully saturated rings. The lowest BCUT2D eigenvalue weighted by molar-refractivity contribution is -0.118. The van der Waals surface area contributed by atoms with Crippen LogP contribution in [0.1, 0.15) is 20.3 Å². The SMILES string of the molecule is CC(C)(I)CC(N)=O. The van der Waals surface area contributed by atoms with E-state index >= 15 is 0 Å². The normalized spacial score (nSPS) is 11.4. The number of carbonyl (C=O) groups is 1. The molecule has 0 aliphatic carbocycles. The van der Waals surface area contributed by atoms with Gasteiger partial charge in [0.25, 0.3) is 0 Å². The quantitative estimate of drug-likeness (QED) is 0.556. The van der Waals surface area contributed by atoms with Crippen LogP contribution in [0.5, 0.6) is 0 Å². The first-order valence-corrected chi connectivity index (χ1v) is 3.47. The van der Waals surface area contributed by atoms with E-state index in [4.69, 9.17) is 5.73 Å². The highest BCUT2D eigenvalue weighted by atomic mass is 127. The van der Waals surface area contributed by atoms with Gasteiger partial charge in [0, 0.05) is 9.84 Å². The summed E-state index contributed by atoms with van der Waals surface area (Å²) in [6.07, 6.45) is 0.452. The Morgan fingerprint density at radius 3 is 2.12 bits per heavy atom. The Hall–Kier alpha value is 0.200. The lowest BCUT2D eigenvalue weighted by Gasteiger charge is -2.11. The molecule has 3 heteroatoms. The highest BCUT2D eigenvalue weighted by molar-refractivity contribution is 14.1. The Labute approximate surface area is 63.0 Å². The van der Waals surface area contributed by atoms with Gasteiger partial charge in [-0.25, -0.2) is 0 Å². The van der Waals surface area contributed by atoms with Crippen molar-refractivity contribution in [1.29, 1.82) is 0 Å². The third-order valence-electron chi connectivity index (χ3n) is 0.595. The summed E-state index contributed by atoms with van der Waals surface area (Å²) in [6, 6.07) is 0. The van der Waals surface area contributed by atoms with Crippen molar-refractivity contribution in [2.45, 2.75) is 23.7 Å². The number of primary amides is 1. The number of rotatable bonds is 2. The van der Waals surface area contributed by atoms with Crippen molar-refractivity contribution in [2.24, 2.45) is 5.73 Å². The average molecular weight is 227 g/mol. The molecule has 0 atom stereocenters. The lowest BCUT2D eigenvalue weighted by Crippen LogP contribution is -2.21. The highest BCUT2D eigenvalue weighted by Gasteiger charge is 2.14. The Bertz CT molecular complexity index is 95.1. The molecule has 0 unspecified atom stereocenters. The Kier molecular flexibility index (Phi) is 2.73. The minimum Gasteiger partial charge on any atom is -0.370 e. The minimum absolute atomic E-state index is 0.0175. The molecule has 0 aromatic rings. The van der Waals surface area contributed by atoms with Gasteiger partial charge in [-0.1, -0.05) is 36.4 Å². The summed E-state index contributed by atoms with van der Waals surface area (Å²) in [6.45, 7) is 3.94. The number of nitrogens with two attached hydrogens (primary N) is 1. The summed E-state index contributed by atoms with van der Waals surface area (Å²) in [5.74, 6) is -0.232. The maximum atomic E-state index is 10.2. The van der Waals surface area contributed by atoms with Crippen LogP contribution in [0.2, 0.25) is 0 Å². The zero-order valence-electron chi connectivity index (χ0n) is 5.07. The van der Waals surface area contributed by atoms with Gasteiger partial charge in [-0.2, -0.15) is 0 Å². The van der Waals surface area contributed by atoms with E-state index in [0.29, 0.717) is 6.42 Å². The van der Waals surface area contributed by atoms with E-state index in [9.17, 15) is 4.79 Å². The van der Waals surface area contributed by atoms with Gasteiger partial charge in [-0.05, 0) is 0 Å². The van der Waals surface area contributed by atoms with Crippen molar-refractivity contribution >= 4 is 28.5 Å². The molecule has 0 radical (unpaired) electrons. The fourth-order valence-corrected chi connectivity index (χ4v) is 0.790. The van der Waals surface area contributed by atoms with Crippen molar-refractivity contribution in [2.75, 3.05) is 0 Å². The molecule has 8 heavy (non-hydrogen) atoms.